The lowest BCUT2D eigenvalue weighted by Gasteiger charge is -2.19. The van der Waals surface area contributed by atoms with E-state index >= 15 is 0 Å². The summed E-state index contributed by atoms with van der Waals surface area (Å²) in [6.07, 6.45) is 3.17. The van der Waals surface area contributed by atoms with Crippen molar-refractivity contribution in [1.29, 1.82) is 5.26 Å². The molecule has 0 heterocycles. The van der Waals surface area contributed by atoms with Gasteiger partial charge in [0.25, 0.3) is 0 Å². The Morgan fingerprint density at radius 2 is 2.30 bits per heavy atom. The molecule has 0 spiro atoms. The van der Waals surface area contributed by atoms with Gasteiger partial charge in [0, 0.05) is 25.2 Å². The summed E-state index contributed by atoms with van der Waals surface area (Å²) >= 11 is 0. The highest BCUT2D eigenvalue weighted by atomic mass is 16.1. The summed E-state index contributed by atoms with van der Waals surface area (Å²) in [5.74, 6) is 0.861. The maximum absolute atomic E-state index is 11.9. The van der Waals surface area contributed by atoms with Crippen molar-refractivity contribution in [3.05, 3.63) is 29.8 Å². The van der Waals surface area contributed by atoms with Crippen molar-refractivity contribution in [2.24, 2.45) is 5.92 Å². The van der Waals surface area contributed by atoms with E-state index in [1.54, 1.807) is 24.3 Å². The van der Waals surface area contributed by atoms with Crippen LogP contribution in [-0.4, -0.2) is 30.4 Å². The second-order valence-electron chi connectivity index (χ2n) is 5.33. The Kier molecular flexibility index (Phi) is 5.14. The van der Waals surface area contributed by atoms with Gasteiger partial charge in [0.1, 0.15) is 0 Å². The number of nitrogens with zero attached hydrogens (tertiary/aromatic N) is 2. The quantitative estimate of drug-likeness (QED) is 0.829. The van der Waals surface area contributed by atoms with Crippen LogP contribution in [-0.2, 0) is 4.79 Å². The van der Waals surface area contributed by atoms with Crippen LogP contribution in [0.2, 0.25) is 0 Å². The fraction of sp³-hybridized carbons (Fsp3) is 0.500. The van der Waals surface area contributed by atoms with E-state index in [2.05, 4.69) is 23.2 Å². The zero-order valence-corrected chi connectivity index (χ0v) is 11.9. The van der Waals surface area contributed by atoms with Gasteiger partial charge in [-0.15, -0.1) is 0 Å². The first-order valence-electron chi connectivity index (χ1n) is 7.23. The second kappa shape index (κ2) is 7.06. The predicted molar refractivity (Wildman–Crippen MR) is 79.2 cm³/mol. The van der Waals surface area contributed by atoms with E-state index < -0.39 is 0 Å². The Bertz CT molecular complexity index is 503. The SMILES string of the molecule is CCN(CCC(=O)Nc1cccc(C#N)c1)CC1CC1. The van der Waals surface area contributed by atoms with Crippen LogP contribution in [0, 0.1) is 17.2 Å². The van der Waals surface area contributed by atoms with E-state index in [0.29, 0.717) is 17.7 Å². The zero-order valence-electron chi connectivity index (χ0n) is 11.9. The number of carbonyl (C=O) groups excluding carboxylic acids is 1. The Balaban J connectivity index is 1.77. The number of amides is 1. The molecule has 1 N–H and O–H groups in total. The number of anilines is 1. The van der Waals surface area contributed by atoms with Crippen molar-refractivity contribution in [2.75, 3.05) is 25.0 Å². The number of hydrogen-bond acceptors (Lipinski definition) is 3. The molecule has 4 nitrogen and oxygen atoms in total. The van der Waals surface area contributed by atoms with E-state index in [1.165, 1.54) is 12.8 Å². The van der Waals surface area contributed by atoms with E-state index in [-0.39, 0.29) is 5.91 Å². The number of nitriles is 1. The molecule has 1 amide bonds. The summed E-state index contributed by atoms with van der Waals surface area (Å²) in [5, 5.41) is 11.7. The van der Waals surface area contributed by atoms with E-state index in [0.717, 1.165) is 25.6 Å². The maximum Gasteiger partial charge on any atom is 0.225 e. The molecule has 0 unspecified atom stereocenters. The average Bonchev–Trinajstić information content (AvgIpc) is 3.27. The fourth-order valence-electron chi connectivity index (χ4n) is 2.19. The van der Waals surface area contributed by atoms with Gasteiger partial charge >= 0.3 is 0 Å². The third-order valence-electron chi connectivity index (χ3n) is 3.59. The third kappa shape index (κ3) is 4.67. The van der Waals surface area contributed by atoms with Gasteiger partial charge in [-0.3, -0.25) is 4.79 Å². The minimum atomic E-state index is 0.00865. The van der Waals surface area contributed by atoms with Gasteiger partial charge in [-0.2, -0.15) is 5.26 Å². The van der Waals surface area contributed by atoms with Crippen molar-refractivity contribution in [3.8, 4) is 6.07 Å². The summed E-state index contributed by atoms with van der Waals surface area (Å²) < 4.78 is 0. The van der Waals surface area contributed by atoms with Crippen molar-refractivity contribution < 1.29 is 4.79 Å². The molecular weight excluding hydrogens is 250 g/mol. The summed E-state index contributed by atoms with van der Waals surface area (Å²) in [7, 11) is 0. The smallest absolute Gasteiger partial charge is 0.225 e. The molecule has 1 aromatic carbocycles. The van der Waals surface area contributed by atoms with Crippen LogP contribution in [0.1, 0.15) is 31.7 Å². The van der Waals surface area contributed by atoms with Gasteiger partial charge in [0.15, 0.2) is 0 Å². The van der Waals surface area contributed by atoms with E-state index in [9.17, 15) is 4.79 Å². The highest BCUT2D eigenvalue weighted by molar-refractivity contribution is 5.90. The molecule has 0 bridgehead atoms. The molecule has 0 saturated heterocycles. The predicted octanol–water partition coefficient (Wildman–Crippen LogP) is 2.62. The van der Waals surface area contributed by atoms with Crippen molar-refractivity contribution in [2.45, 2.75) is 26.2 Å². The van der Waals surface area contributed by atoms with Crippen LogP contribution < -0.4 is 5.32 Å². The first-order chi connectivity index (χ1) is 9.71. The van der Waals surface area contributed by atoms with Gasteiger partial charge < -0.3 is 10.2 Å². The van der Waals surface area contributed by atoms with Gasteiger partial charge in [-0.1, -0.05) is 13.0 Å². The zero-order chi connectivity index (χ0) is 14.4. The maximum atomic E-state index is 11.9. The molecule has 106 valence electrons. The van der Waals surface area contributed by atoms with Gasteiger partial charge in [0.05, 0.1) is 11.6 Å². The molecule has 0 aromatic heterocycles. The number of hydrogen-bond donors (Lipinski definition) is 1. The minimum Gasteiger partial charge on any atom is -0.326 e. The van der Waals surface area contributed by atoms with Crippen LogP contribution in [0.5, 0.6) is 0 Å². The molecule has 1 saturated carbocycles. The number of nitrogens with one attached hydrogen (secondary N) is 1. The van der Waals surface area contributed by atoms with Crippen LogP contribution in [0.4, 0.5) is 5.69 Å². The number of carbonyl (C=O) groups is 1. The third-order valence-corrected chi connectivity index (χ3v) is 3.59. The standard InChI is InChI=1S/C16H21N3O/c1-2-19(12-13-6-7-13)9-8-16(20)18-15-5-3-4-14(10-15)11-17/h3-5,10,13H,2,6-9,12H2,1H3,(H,18,20). The Labute approximate surface area is 120 Å². The molecule has 20 heavy (non-hydrogen) atoms. The van der Waals surface area contributed by atoms with Crippen LogP contribution in [0.15, 0.2) is 24.3 Å². The summed E-state index contributed by atoms with van der Waals surface area (Å²) in [5.41, 5.74) is 1.26. The Morgan fingerprint density at radius 3 is 2.95 bits per heavy atom. The van der Waals surface area contributed by atoms with Gasteiger partial charge in [-0.25, -0.2) is 0 Å². The van der Waals surface area contributed by atoms with Crippen molar-refractivity contribution in [3.63, 3.8) is 0 Å². The number of rotatable bonds is 7. The summed E-state index contributed by atoms with van der Waals surface area (Å²) in [4.78, 5) is 14.2. The number of benzene rings is 1. The monoisotopic (exact) mass is 271 g/mol. The van der Waals surface area contributed by atoms with Crippen LogP contribution >= 0.6 is 0 Å². The van der Waals surface area contributed by atoms with Gasteiger partial charge in [-0.05, 0) is 43.5 Å². The molecule has 1 aliphatic carbocycles. The van der Waals surface area contributed by atoms with E-state index in [4.69, 9.17) is 5.26 Å². The van der Waals surface area contributed by atoms with Crippen molar-refractivity contribution in [1.82, 2.24) is 4.90 Å². The van der Waals surface area contributed by atoms with E-state index in [1.807, 2.05) is 0 Å². The molecule has 1 aliphatic rings. The molecular formula is C16H21N3O. The minimum absolute atomic E-state index is 0.00865. The second-order valence-corrected chi connectivity index (χ2v) is 5.33. The molecule has 0 radical (unpaired) electrons. The highest BCUT2D eigenvalue weighted by Crippen LogP contribution is 2.29. The molecule has 4 heteroatoms. The topological polar surface area (TPSA) is 56.1 Å². The lowest BCUT2D eigenvalue weighted by Crippen LogP contribution is -2.29. The molecule has 1 fully saturated rings. The van der Waals surface area contributed by atoms with Gasteiger partial charge in [0.2, 0.25) is 5.91 Å². The first-order valence-corrected chi connectivity index (χ1v) is 7.23. The fourth-order valence-corrected chi connectivity index (χ4v) is 2.19. The molecule has 1 aromatic rings. The lowest BCUT2D eigenvalue weighted by molar-refractivity contribution is -0.116. The van der Waals surface area contributed by atoms with Crippen molar-refractivity contribution >= 4 is 11.6 Å². The first kappa shape index (κ1) is 14.5. The largest absolute Gasteiger partial charge is 0.326 e. The Hall–Kier alpha value is -1.86. The average molecular weight is 271 g/mol. The van der Waals surface area contributed by atoms with Crippen LogP contribution in [0.3, 0.4) is 0 Å². The highest BCUT2D eigenvalue weighted by Gasteiger charge is 2.23. The van der Waals surface area contributed by atoms with Crippen LogP contribution in [0.25, 0.3) is 0 Å². The summed E-state index contributed by atoms with van der Waals surface area (Å²) in [6.45, 7) is 5.05. The molecule has 0 atom stereocenters. The summed E-state index contributed by atoms with van der Waals surface area (Å²) in [6, 6.07) is 9.07. The molecule has 2 rings (SSSR count). The lowest BCUT2D eigenvalue weighted by atomic mass is 10.2. The normalized spacial score (nSPS) is 14.1. The molecule has 0 aliphatic heterocycles. The Morgan fingerprint density at radius 1 is 1.50 bits per heavy atom.